The van der Waals surface area contributed by atoms with Crippen molar-refractivity contribution in [2.75, 3.05) is 11.9 Å². The first-order valence-electron chi connectivity index (χ1n) is 5.36. The summed E-state index contributed by atoms with van der Waals surface area (Å²) in [6, 6.07) is 3.33. The summed E-state index contributed by atoms with van der Waals surface area (Å²) in [4.78, 5) is 21.0. The van der Waals surface area contributed by atoms with E-state index in [9.17, 15) is 14.9 Å². The van der Waals surface area contributed by atoms with Crippen molar-refractivity contribution in [3.63, 3.8) is 0 Å². The highest BCUT2D eigenvalue weighted by molar-refractivity contribution is 5.78. The molecular weight excluding hydrogens is 240 g/mol. The van der Waals surface area contributed by atoms with Gasteiger partial charge in [-0.05, 0) is 26.0 Å². The van der Waals surface area contributed by atoms with Crippen LogP contribution in [-0.4, -0.2) is 28.6 Å². The number of rotatable bonds is 6. The van der Waals surface area contributed by atoms with Crippen LogP contribution in [0.1, 0.15) is 13.8 Å². The Kier molecular flexibility index (Phi) is 4.47. The van der Waals surface area contributed by atoms with E-state index in [1.165, 1.54) is 19.1 Å². The lowest BCUT2D eigenvalue weighted by atomic mass is 10.2. The Morgan fingerprint density at radius 3 is 2.78 bits per heavy atom. The maximum Gasteiger partial charge on any atom is 0.325 e. The van der Waals surface area contributed by atoms with E-state index in [0.717, 1.165) is 0 Å². The molecular formula is C11H14N2O5. The number of nitro groups is 1. The van der Waals surface area contributed by atoms with Gasteiger partial charge in [0.1, 0.15) is 17.5 Å². The summed E-state index contributed by atoms with van der Waals surface area (Å²) in [6.45, 7) is 3.57. The minimum Gasteiger partial charge on any atom is -0.494 e. The number of ether oxygens (including phenoxy) is 1. The minimum absolute atomic E-state index is 0.151. The first-order chi connectivity index (χ1) is 8.45. The van der Waals surface area contributed by atoms with Crippen LogP contribution in [0.2, 0.25) is 0 Å². The van der Waals surface area contributed by atoms with Gasteiger partial charge in [0.05, 0.1) is 17.6 Å². The molecule has 1 rings (SSSR count). The number of carboxylic acid groups (broad SMARTS) is 1. The molecule has 0 aliphatic rings. The molecule has 0 fully saturated rings. The second-order valence-electron chi connectivity index (χ2n) is 3.57. The SMILES string of the molecule is CCOc1ccc(NC(C)C(=O)O)c([N+](=O)[O-])c1. The second kappa shape index (κ2) is 5.85. The lowest BCUT2D eigenvalue weighted by molar-refractivity contribution is -0.384. The molecule has 0 saturated heterocycles. The van der Waals surface area contributed by atoms with Crippen molar-refractivity contribution >= 4 is 17.3 Å². The van der Waals surface area contributed by atoms with Gasteiger partial charge in [-0.3, -0.25) is 14.9 Å². The Bertz CT molecular complexity index is 461. The van der Waals surface area contributed by atoms with Gasteiger partial charge in [-0.15, -0.1) is 0 Å². The topological polar surface area (TPSA) is 102 Å². The number of carboxylic acids is 1. The zero-order chi connectivity index (χ0) is 13.7. The number of nitro benzene ring substituents is 1. The molecule has 0 amide bonds. The number of aliphatic carboxylic acids is 1. The summed E-state index contributed by atoms with van der Waals surface area (Å²) in [5.41, 5.74) is -0.0626. The molecule has 0 aromatic heterocycles. The van der Waals surface area contributed by atoms with Gasteiger partial charge < -0.3 is 15.2 Å². The highest BCUT2D eigenvalue weighted by Crippen LogP contribution is 2.29. The molecule has 1 unspecified atom stereocenters. The first kappa shape index (κ1) is 13.8. The van der Waals surface area contributed by atoms with E-state index in [-0.39, 0.29) is 11.4 Å². The third kappa shape index (κ3) is 3.34. The molecule has 2 N–H and O–H groups in total. The maximum atomic E-state index is 10.9. The predicted molar refractivity (Wildman–Crippen MR) is 65.0 cm³/mol. The predicted octanol–water partition coefficient (Wildman–Crippen LogP) is 1.88. The molecule has 0 aliphatic carbocycles. The third-order valence-electron chi connectivity index (χ3n) is 2.22. The summed E-state index contributed by atoms with van der Waals surface area (Å²) in [5, 5.41) is 22.2. The van der Waals surface area contributed by atoms with Crippen LogP contribution in [0.5, 0.6) is 5.75 Å². The third-order valence-corrected chi connectivity index (χ3v) is 2.22. The van der Waals surface area contributed by atoms with Gasteiger partial charge in [0.25, 0.3) is 5.69 Å². The van der Waals surface area contributed by atoms with Gasteiger partial charge in [0.2, 0.25) is 0 Å². The number of hydrogen-bond donors (Lipinski definition) is 2. The maximum absolute atomic E-state index is 10.9. The van der Waals surface area contributed by atoms with Crippen molar-refractivity contribution in [2.45, 2.75) is 19.9 Å². The Morgan fingerprint density at radius 1 is 1.61 bits per heavy atom. The Balaban J connectivity index is 3.03. The van der Waals surface area contributed by atoms with Crippen molar-refractivity contribution in [1.82, 2.24) is 0 Å². The van der Waals surface area contributed by atoms with E-state index >= 15 is 0 Å². The molecule has 0 spiro atoms. The van der Waals surface area contributed by atoms with E-state index in [0.29, 0.717) is 12.4 Å². The zero-order valence-electron chi connectivity index (χ0n) is 10.0. The number of hydrogen-bond acceptors (Lipinski definition) is 5. The fourth-order valence-electron chi connectivity index (χ4n) is 1.34. The summed E-state index contributed by atoms with van der Waals surface area (Å²) in [6.07, 6.45) is 0. The average Bonchev–Trinajstić information content (AvgIpc) is 2.30. The largest absolute Gasteiger partial charge is 0.494 e. The standard InChI is InChI=1S/C11H14N2O5/c1-3-18-8-4-5-9(10(6-8)13(16)17)12-7(2)11(14)15/h4-7,12H,3H2,1-2H3,(H,14,15). The van der Waals surface area contributed by atoms with E-state index in [1.54, 1.807) is 13.0 Å². The molecule has 0 radical (unpaired) electrons. The van der Waals surface area contributed by atoms with Gasteiger partial charge in [0, 0.05) is 0 Å². The van der Waals surface area contributed by atoms with Crippen LogP contribution < -0.4 is 10.1 Å². The molecule has 1 aromatic rings. The van der Waals surface area contributed by atoms with Crippen molar-refractivity contribution in [1.29, 1.82) is 0 Å². The van der Waals surface area contributed by atoms with E-state index in [4.69, 9.17) is 9.84 Å². The van der Waals surface area contributed by atoms with Crippen LogP contribution in [0.3, 0.4) is 0 Å². The normalized spacial score (nSPS) is 11.7. The van der Waals surface area contributed by atoms with Crippen molar-refractivity contribution in [2.24, 2.45) is 0 Å². The first-order valence-corrected chi connectivity index (χ1v) is 5.36. The Labute approximate surface area is 104 Å². The molecule has 1 aromatic carbocycles. The molecule has 7 nitrogen and oxygen atoms in total. The number of nitrogens with one attached hydrogen (secondary N) is 1. The summed E-state index contributed by atoms with van der Waals surface area (Å²) < 4.78 is 5.16. The monoisotopic (exact) mass is 254 g/mol. The van der Waals surface area contributed by atoms with E-state index < -0.39 is 16.9 Å². The molecule has 18 heavy (non-hydrogen) atoms. The van der Waals surface area contributed by atoms with Crippen LogP contribution >= 0.6 is 0 Å². The van der Waals surface area contributed by atoms with Crippen molar-refractivity contribution in [3.8, 4) is 5.75 Å². The molecule has 1 atom stereocenters. The average molecular weight is 254 g/mol. The molecule has 0 aliphatic heterocycles. The smallest absolute Gasteiger partial charge is 0.325 e. The molecule has 7 heteroatoms. The summed E-state index contributed by atoms with van der Waals surface area (Å²) >= 11 is 0. The van der Waals surface area contributed by atoms with Gasteiger partial charge in [-0.1, -0.05) is 0 Å². The summed E-state index contributed by atoms with van der Waals surface area (Å²) in [7, 11) is 0. The van der Waals surface area contributed by atoms with Gasteiger partial charge in [0.15, 0.2) is 0 Å². The Hall–Kier alpha value is -2.31. The van der Waals surface area contributed by atoms with Gasteiger partial charge in [-0.25, -0.2) is 0 Å². The number of carbonyl (C=O) groups is 1. The number of anilines is 1. The number of nitrogens with zero attached hydrogens (tertiary/aromatic N) is 1. The zero-order valence-corrected chi connectivity index (χ0v) is 10.0. The lowest BCUT2D eigenvalue weighted by Crippen LogP contribution is -2.25. The molecule has 98 valence electrons. The fraction of sp³-hybridized carbons (Fsp3) is 0.364. The van der Waals surface area contributed by atoms with Crippen molar-refractivity contribution < 1.29 is 19.6 Å². The molecule has 0 bridgehead atoms. The van der Waals surface area contributed by atoms with Gasteiger partial charge >= 0.3 is 5.97 Å². The van der Waals surface area contributed by atoms with Crippen molar-refractivity contribution in [3.05, 3.63) is 28.3 Å². The fourth-order valence-corrected chi connectivity index (χ4v) is 1.34. The van der Waals surface area contributed by atoms with Crippen LogP contribution in [-0.2, 0) is 4.79 Å². The van der Waals surface area contributed by atoms with Crippen LogP contribution in [0.4, 0.5) is 11.4 Å². The number of benzene rings is 1. The molecule has 0 heterocycles. The quantitative estimate of drug-likeness (QED) is 0.593. The minimum atomic E-state index is -1.09. The molecule has 0 saturated carbocycles. The summed E-state index contributed by atoms with van der Waals surface area (Å²) in [5.74, 6) is -0.712. The van der Waals surface area contributed by atoms with Crippen LogP contribution in [0, 0.1) is 10.1 Å². The van der Waals surface area contributed by atoms with Gasteiger partial charge in [-0.2, -0.15) is 0 Å². The highest BCUT2D eigenvalue weighted by atomic mass is 16.6. The highest BCUT2D eigenvalue weighted by Gasteiger charge is 2.19. The van der Waals surface area contributed by atoms with E-state index in [2.05, 4.69) is 5.32 Å². The van der Waals surface area contributed by atoms with Crippen LogP contribution in [0.15, 0.2) is 18.2 Å². The second-order valence-corrected chi connectivity index (χ2v) is 3.57. The Morgan fingerprint density at radius 2 is 2.28 bits per heavy atom. The van der Waals surface area contributed by atoms with Crippen LogP contribution in [0.25, 0.3) is 0 Å². The lowest BCUT2D eigenvalue weighted by Gasteiger charge is -2.12. The van der Waals surface area contributed by atoms with E-state index in [1.807, 2.05) is 0 Å².